The van der Waals surface area contributed by atoms with Crippen LogP contribution in [0.25, 0.3) is 0 Å². The van der Waals surface area contributed by atoms with Crippen LogP contribution in [0.5, 0.6) is 5.88 Å². The number of aryl methyl sites for hydroxylation is 1. The maximum atomic E-state index is 13.8. The van der Waals surface area contributed by atoms with Crippen molar-refractivity contribution in [1.29, 1.82) is 0 Å². The summed E-state index contributed by atoms with van der Waals surface area (Å²) in [6.07, 6.45) is -0.0585. The minimum absolute atomic E-state index is 0.00827. The van der Waals surface area contributed by atoms with Gasteiger partial charge in [0.15, 0.2) is 4.90 Å². The minimum Gasteiger partial charge on any atom is -0.472 e. The van der Waals surface area contributed by atoms with Gasteiger partial charge < -0.3 is 4.74 Å². The summed E-state index contributed by atoms with van der Waals surface area (Å²) < 4.78 is 59.1. The van der Waals surface area contributed by atoms with Crippen LogP contribution in [-0.2, 0) is 10.0 Å². The molecule has 2 aromatic rings. The van der Waals surface area contributed by atoms with Crippen LogP contribution in [0, 0.1) is 18.6 Å². The molecule has 0 radical (unpaired) electrons. The zero-order valence-corrected chi connectivity index (χ0v) is 13.6. The van der Waals surface area contributed by atoms with E-state index in [9.17, 15) is 17.2 Å². The molecule has 0 amide bonds. The van der Waals surface area contributed by atoms with Gasteiger partial charge in [-0.2, -0.15) is 9.40 Å². The third kappa shape index (κ3) is 3.22. The van der Waals surface area contributed by atoms with Crippen LogP contribution in [0.15, 0.2) is 35.2 Å². The van der Waals surface area contributed by atoms with Crippen molar-refractivity contribution >= 4 is 10.0 Å². The van der Waals surface area contributed by atoms with E-state index in [4.69, 9.17) is 4.74 Å². The van der Waals surface area contributed by atoms with Gasteiger partial charge >= 0.3 is 0 Å². The third-order valence-electron chi connectivity index (χ3n) is 3.69. The smallest absolute Gasteiger partial charge is 0.249 e. The second-order valence-electron chi connectivity index (χ2n) is 5.46. The Labute approximate surface area is 138 Å². The lowest BCUT2D eigenvalue weighted by Crippen LogP contribution is -2.32. The van der Waals surface area contributed by atoms with Crippen molar-refractivity contribution in [2.75, 3.05) is 13.1 Å². The Morgan fingerprint density at radius 1 is 1.17 bits per heavy atom. The number of benzene rings is 1. The molecule has 24 heavy (non-hydrogen) atoms. The summed E-state index contributed by atoms with van der Waals surface area (Å²) in [6, 6.07) is 6.32. The molecule has 3 rings (SSSR count). The van der Waals surface area contributed by atoms with E-state index in [2.05, 4.69) is 10.2 Å². The standard InChI is InChI=1S/C15H15F2N3O3S/c1-10-5-6-14(19-18-10)23-11-7-8-20(9-11)24(21,22)15-12(16)3-2-4-13(15)17/h2-6,11H,7-9H2,1H3. The first-order chi connectivity index (χ1) is 11.4. The maximum Gasteiger partial charge on any atom is 0.249 e. The van der Waals surface area contributed by atoms with Gasteiger partial charge in [0.25, 0.3) is 0 Å². The summed E-state index contributed by atoms with van der Waals surface area (Å²) in [5, 5.41) is 7.71. The van der Waals surface area contributed by atoms with Crippen molar-refractivity contribution in [1.82, 2.24) is 14.5 Å². The number of aromatic nitrogens is 2. The van der Waals surface area contributed by atoms with Gasteiger partial charge in [-0.05, 0) is 31.5 Å². The molecule has 1 fully saturated rings. The third-order valence-corrected chi connectivity index (χ3v) is 5.60. The lowest BCUT2D eigenvalue weighted by Gasteiger charge is -2.17. The van der Waals surface area contributed by atoms with Gasteiger partial charge in [0.1, 0.15) is 17.7 Å². The van der Waals surface area contributed by atoms with Crippen molar-refractivity contribution in [2.45, 2.75) is 24.3 Å². The highest BCUT2D eigenvalue weighted by atomic mass is 32.2. The van der Waals surface area contributed by atoms with Crippen LogP contribution in [0.4, 0.5) is 8.78 Å². The van der Waals surface area contributed by atoms with Crippen LogP contribution >= 0.6 is 0 Å². The first kappa shape index (κ1) is 16.7. The highest BCUT2D eigenvalue weighted by molar-refractivity contribution is 7.89. The molecular weight excluding hydrogens is 340 g/mol. The summed E-state index contributed by atoms with van der Waals surface area (Å²) in [5.74, 6) is -1.94. The van der Waals surface area contributed by atoms with Gasteiger partial charge in [-0.15, -0.1) is 5.10 Å². The topological polar surface area (TPSA) is 72.4 Å². The van der Waals surface area contributed by atoms with E-state index >= 15 is 0 Å². The second kappa shape index (κ2) is 6.40. The van der Waals surface area contributed by atoms with E-state index in [1.165, 1.54) is 0 Å². The van der Waals surface area contributed by atoms with Gasteiger partial charge in [0.2, 0.25) is 15.9 Å². The quantitative estimate of drug-likeness (QED) is 0.838. The Morgan fingerprint density at radius 3 is 2.50 bits per heavy atom. The van der Waals surface area contributed by atoms with Crippen molar-refractivity contribution in [2.24, 2.45) is 0 Å². The normalized spacial score (nSPS) is 18.7. The van der Waals surface area contributed by atoms with E-state index in [1.807, 2.05) is 0 Å². The largest absolute Gasteiger partial charge is 0.472 e. The van der Waals surface area contributed by atoms with Crippen LogP contribution in [0.2, 0.25) is 0 Å². The summed E-state index contributed by atoms with van der Waals surface area (Å²) in [7, 11) is -4.26. The number of nitrogens with zero attached hydrogens (tertiary/aromatic N) is 3. The van der Waals surface area contributed by atoms with E-state index < -0.39 is 32.7 Å². The second-order valence-corrected chi connectivity index (χ2v) is 7.33. The average molecular weight is 355 g/mol. The fourth-order valence-corrected chi connectivity index (χ4v) is 4.09. The first-order valence-electron chi connectivity index (χ1n) is 7.29. The van der Waals surface area contributed by atoms with Crippen LogP contribution < -0.4 is 4.74 Å². The molecule has 1 saturated heterocycles. The zero-order valence-electron chi connectivity index (χ0n) is 12.8. The Bertz CT molecular complexity index is 823. The molecule has 0 N–H and O–H groups in total. The van der Waals surface area contributed by atoms with Crippen molar-refractivity contribution in [3.05, 3.63) is 47.7 Å². The van der Waals surface area contributed by atoms with Crippen molar-refractivity contribution in [3.8, 4) is 5.88 Å². The van der Waals surface area contributed by atoms with Gasteiger partial charge in [-0.1, -0.05) is 6.07 Å². The van der Waals surface area contributed by atoms with Gasteiger partial charge in [-0.25, -0.2) is 17.2 Å². The number of sulfonamides is 1. The Morgan fingerprint density at radius 2 is 1.88 bits per heavy atom. The number of halogens is 2. The molecule has 128 valence electrons. The number of hydrogen-bond donors (Lipinski definition) is 0. The minimum atomic E-state index is -4.26. The van der Waals surface area contributed by atoms with Gasteiger partial charge in [-0.3, -0.25) is 0 Å². The SMILES string of the molecule is Cc1ccc(OC2CCN(S(=O)(=O)c3c(F)cccc3F)C2)nn1. The van der Waals surface area contributed by atoms with E-state index in [0.717, 1.165) is 28.2 Å². The van der Waals surface area contributed by atoms with Crippen LogP contribution in [-0.4, -0.2) is 42.1 Å². The molecule has 0 saturated carbocycles. The molecule has 1 unspecified atom stereocenters. The number of ether oxygens (including phenoxy) is 1. The van der Waals surface area contributed by atoms with Gasteiger partial charge in [0.05, 0.1) is 12.2 Å². The Balaban J connectivity index is 1.76. The molecule has 1 aliphatic heterocycles. The lowest BCUT2D eigenvalue weighted by atomic mass is 10.3. The molecule has 1 aromatic carbocycles. The number of rotatable bonds is 4. The predicted octanol–water partition coefficient (Wildman–Crippen LogP) is 1.91. The lowest BCUT2D eigenvalue weighted by molar-refractivity contribution is 0.204. The van der Waals surface area contributed by atoms with E-state index in [-0.39, 0.29) is 19.0 Å². The molecule has 0 bridgehead atoms. The molecule has 1 atom stereocenters. The van der Waals surface area contributed by atoms with Crippen molar-refractivity contribution in [3.63, 3.8) is 0 Å². The Kier molecular flexibility index (Phi) is 4.46. The molecule has 0 aliphatic carbocycles. The molecule has 0 spiro atoms. The number of hydrogen-bond acceptors (Lipinski definition) is 5. The molecule has 6 nitrogen and oxygen atoms in total. The molecule has 9 heteroatoms. The van der Waals surface area contributed by atoms with Crippen LogP contribution in [0.1, 0.15) is 12.1 Å². The fraction of sp³-hybridized carbons (Fsp3) is 0.333. The summed E-state index contributed by atoms with van der Waals surface area (Å²) in [6.45, 7) is 1.88. The molecular formula is C15H15F2N3O3S. The molecule has 1 aromatic heterocycles. The van der Waals surface area contributed by atoms with E-state index in [1.54, 1.807) is 19.1 Å². The zero-order chi connectivity index (χ0) is 17.3. The monoisotopic (exact) mass is 355 g/mol. The average Bonchev–Trinajstić information content (AvgIpc) is 2.98. The fourth-order valence-electron chi connectivity index (χ4n) is 2.49. The van der Waals surface area contributed by atoms with E-state index in [0.29, 0.717) is 6.42 Å². The van der Waals surface area contributed by atoms with Crippen LogP contribution in [0.3, 0.4) is 0 Å². The maximum absolute atomic E-state index is 13.8. The summed E-state index contributed by atoms with van der Waals surface area (Å²) >= 11 is 0. The Hall–Kier alpha value is -2.13. The summed E-state index contributed by atoms with van der Waals surface area (Å²) in [4.78, 5) is -0.930. The highest BCUT2D eigenvalue weighted by Gasteiger charge is 2.37. The van der Waals surface area contributed by atoms with Crippen molar-refractivity contribution < 1.29 is 21.9 Å². The highest BCUT2D eigenvalue weighted by Crippen LogP contribution is 2.26. The molecule has 2 heterocycles. The predicted molar refractivity (Wildman–Crippen MR) is 80.9 cm³/mol. The summed E-state index contributed by atoms with van der Waals surface area (Å²) in [5.41, 5.74) is 0.730. The van der Waals surface area contributed by atoms with Gasteiger partial charge in [0, 0.05) is 12.6 Å². The first-order valence-corrected chi connectivity index (χ1v) is 8.73. The molecule has 1 aliphatic rings.